The predicted molar refractivity (Wildman–Crippen MR) is 198 cm³/mol. The number of rotatable bonds is 24. The van der Waals surface area contributed by atoms with Crippen molar-refractivity contribution >= 4 is 44.1 Å². The normalized spacial score (nSPS) is 40.8. The van der Waals surface area contributed by atoms with Gasteiger partial charge in [-0.15, -0.1) is 0 Å². The van der Waals surface area contributed by atoms with Crippen molar-refractivity contribution < 1.29 is 139 Å². The highest BCUT2D eigenvalue weighted by molar-refractivity contribution is 7.81. The fourth-order valence-corrected chi connectivity index (χ4v) is 8.10. The van der Waals surface area contributed by atoms with Crippen molar-refractivity contribution in [2.24, 2.45) is 17.6 Å². The standard InChI is InChI=1S/C31H53NO30S3/c1-12-16(35)23(14(8-53-63(41,42)43)55-26(12)50-7-5-3-4-6-32)58-31-25(62-65(47,48)49)21(40)24(30(61-31)52-11-34)59-27-13(2)17(36)22(15(56-27)9-54-64(44,45)46)57-29-20(39)18(37)19(38)28(60-29)51-10-33/h10-31,35-40H,3-9,32H2,1-2H3,(H,41,42,43)(H,44,45,46)(H,47,48,49)/t12?,13?,14-,15?,16?,17+,18+,19-,20?,21?,22+,23+,24-,25?,26-,27+,28?,29+,30+,31+/m0/s1. The zero-order chi connectivity index (χ0) is 48.6. The fourth-order valence-electron chi connectivity index (χ4n) is 7.01. The molecule has 0 aromatic rings. The summed E-state index contributed by atoms with van der Waals surface area (Å²) in [6.07, 6.45) is -34.7. The fraction of sp³-hybridized carbons (Fsp3) is 0.935. The van der Waals surface area contributed by atoms with E-state index in [0.29, 0.717) is 25.8 Å². The Balaban J connectivity index is 1.62. The second-order valence-electron chi connectivity index (χ2n) is 14.9. The van der Waals surface area contributed by atoms with Gasteiger partial charge in [0.2, 0.25) is 12.6 Å². The van der Waals surface area contributed by atoms with E-state index in [0.717, 1.165) is 0 Å². The molecule has 380 valence electrons. The van der Waals surface area contributed by atoms with Crippen molar-refractivity contribution in [1.82, 2.24) is 0 Å². The maximum Gasteiger partial charge on any atom is 0.397 e. The Hall–Kier alpha value is -2.05. The van der Waals surface area contributed by atoms with Crippen LogP contribution in [0.15, 0.2) is 0 Å². The molecule has 20 atom stereocenters. The molecule has 8 unspecified atom stereocenters. The van der Waals surface area contributed by atoms with E-state index in [4.69, 9.17) is 48.4 Å². The average Bonchev–Trinajstić information content (AvgIpc) is 3.21. The van der Waals surface area contributed by atoms with E-state index in [9.17, 15) is 79.1 Å². The number of ether oxygens (including phenoxy) is 10. The van der Waals surface area contributed by atoms with Crippen molar-refractivity contribution in [3.63, 3.8) is 0 Å². The van der Waals surface area contributed by atoms with Gasteiger partial charge in [0, 0.05) is 18.4 Å². The van der Waals surface area contributed by atoms with Gasteiger partial charge in [-0.05, 0) is 25.8 Å². The molecule has 4 saturated heterocycles. The predicted octanol–water partition coefficient (Wildman–Crippen LogP) is -6.29. The molecule has 0 bridgehead atoms. The number of aliphatic hydroxyl groups is 6. The van der Waals surface area contributed by atoms with Crippen molar-refractivity contribution in [3.8, 4) is 0 Å². The highest BCUT2D eigenvalue weighted by Crippen LogP contribution is 2.38. The first kappa shape index (κ1) is 55.5. The third kappa shape index (κ3) is 15.5. The quantitative estimate of drug-likeness (QED) is 0.0244. The minimum atomic E-state index is -5.62. The molecule has 11 N–H and O–H groups in total. The highest BCUT2D eigenvalue weighted by Gasteiger charge is 2.57. The second-order valence-corrected chi connectivity index (χ2v) is 18.1. The second kappa shape index (κ2) is 24.0. The summed E-state index contributed by atoms with van der Waals surface area (Å²) in [4.78, 5) is 22.7. The zero-order valence-electron chi connectivity index (χ0n) is 34.1. The van der Waals surface area contributed by atoms with Gasteiger partial charge in [0.25, 0.3) is 12.9 Å². The van der Waals surface area contributed by atoms with Crippen LogP contribution in [0.3, 0.4) is 0 Å². The Morgan fingerprint density at radius 3 is 1.51 bits per heavy atom. The topological polar surface area (TPSA) is 465 Å². The first-order chi connectivity index (χ1) is 30.3. The molecule has 65 heavy (non-hydrogen) atoms. The average molecular weight is 1020 g/mol. The maximum absolute atomic E-state index is 12.1. The number of hydrogen-bond donors (Lipinski definition) is 10. The number of carbonyl (C=O) groups is 2. The Labute approximate surface area is 370 Å². The first-order valence-electron chi connectivity index (χ1n) is 19.4. The molecule has 4 aliphatic rings. The molecule has 0 aromatic heterocycles. The first-order valence-corrected chi connectivity index (χ1v) is 23.5. The van der Waals surface area contributed by atoms with Gasteiger partial charge >= 0.3 is 31.2 Å². The number of carbonyl (C=O) groups excluding carboxylic acids is 2. The molecule has 0 amide bonds. The van der Waals surface area contributed by atoms with Crippen LogP contribution in [-0.4, -0.2) is 220 Å². The largest absolute Gasteiger partial charge is 0.435 e. The van der Waals surface area contributed by atoms with Crippen LogP contribution in [0, 0.1) is 11.8 Å². The Morgan fingerprint density at radius 2 is 0.985 bits per heavy atom. The van der Waals surface area contributed by atoms with Gasteiger partial charge in [-0.3, -0.25) is 23.2 Å². The third-order valence-electron chi connectivity index (χ3n) is 10.3. The summed E-state index contributed by atoms with van der Waals surface area (Å²) in [5, 5.41) is 65.4. The molecule has 4 heterocycles. The zero-order valence-corrected chi connectivity index (χ0v) is 36.5. The number of aliphatic hydroxyl groups excluding tert-OH is 6. The van der Waals surface area contributed by atoms with Crippen LogP contribution in [0.2, 0.25) is 0 Å². The van der Waals surface area contributed by atoms with Crippen LogP contribution in [0.4, 0.5) is 0 Å². The molecule has 34 heteroatoms. The SMILES string of the molecule is CC1C(O)[C@H](O[C@@H]2O[C@@H](OC=O)[C@@H](O[C@H]3OC(COS(=O)(=O)O)[C@@H](O[C@@H]4OC(OC=O)[C@@H](O)[C@@H](O)C4O)[C@H](O)C3C)C(O)C2OS(=O)(=O)O)[C@H](COS(=O)(=O)O)O[C@@H]1OCCCCCN. The molecule has 31 nitrogen and oxygen atoms in total. The Bertz CT molecular complexity index is 1850. The van der Waals surface area contributed by atoms with Crippen LogP contribution in [0.25, 0.3) is 0 Å². The van der Waals surface area contributed by atoms with Gasteiger partial charge in [0.15, 0.2) is 37.4 Å². The molecule has 0 spiro atoms. The molecule has 0 aliphatic carbocycles. The maximum atomic E-state index is 12.1. The van der Waals surface area contributed by atoms with Crippen LogP contribution in [0.1, 0.15) is 33.1 Å². The summed E-state index contributed by atoms with van der Waals surface area (Å²) in [7, 11) is -16.1. The monoisotopic (exact) mass is 1020 g/mol. The highest BCUT2D eigenvalue weighted by atomic mass is 32.3. The van der Waals surface area contributed by atoms with Gasteiger partial charge in [-0.2, -0.15) is 25.3 Å². The van der Waals surface area contributed by atoms with E-state index in [1.807, 2.05) is 0 Å². The van der Waals surface area contributed by atoms with Gasteiger partial charge < -0.3 is 83.7 Å². The summed E-state index contributed by atoms with van der Waals surface area (Å²) in [5.41, 5.74) is 5.50. The van der Waals surface area contributed by atoms with E-state index in [1.54, 1.807) is 0 Å². The minimum Gasteiger partial charge on any atom is -0.435 e. The van der Waals surface area contributed by atoms with Crippen LogP contribution < -0.4 is 5.73 Å². The Morgan fingerprint density at radius 1 is 0.508 bits per heavy atom. The smallest absolute Gasteiger partial charge is 0.397 e. The molecule has 4 fully saturated rings. The van der Waals surface area contributed by atoms with E-state index in [2.05, 4.69) is 17.3 Å². The molecule has 0 saturated carbocycles. The summed E-state index contributed by atoms with van der Waals surface area (Å²) in [6.45, 7) is 0.266. The van der Waals surface area contributed by atoms with Gasteiger partial charge in [-0.1, -0.05) is 13.8 Å². The molecule has 0 aromatic carbocycles. The van der Waals surface area contributed by atoms with E-state index >= 15 is 0 Å². The van der Waals surface area contributed by atoms with E-state index < -0.39 is 167 Å². The number of unbranched alkanes of at least 4 members (excludes halogenated alkanes) is 2. The molecular weight excluding hydrogens is 963 g/mol. The van der Waals surface area contributed by atoms with E-state index in [1.165, 1.54) is 13.8 Å². The Kier molecular flexibility index (Phi) is 20.5. The van der Waals surface area contributed by atoms with Crippen molar-refractivity contribution in [3.05, 3.63) is 0 Å². The molecule has 4 aliphatic heterocycles. The van der Waals surface area contributed by atoms with Crippen LogP contribution >= 0.6 is 0 Å². The number of hydrogen-bond acceptors (Lipinski definition) is 28. The lowest BCUT2D eigenvalue weighted by molar-refractivity contribution is -0.400. The van der Waals surface area contributed by atoms with Gasteiger partial charge in [-0.25, -0.2) is 12.5 Å². The third-order valence-corrected chi connectivity index (χ3v) is 11.7. The lowest BCUT2D eigenvalue weighted by Gasteiger charge is -2.49. The van der Waals surface area contributed by atoms with Crippen molar-refractivity contribution in [2.45, 2.75) is 144 Å². The molecule has 4 rings (SSSR count). The summed E-state index contributed by atoms with van der Waals surface area (Å²) >= 11 is 0. The molecular formula is C31H53NO30S3. The van der Waals surface area contributed by atoms with Crippen molar-refractivity contribution in [1.29, 1.82) is 0 Å². The van der Waals surface area contributed by atoms with Crippen molar-refractivity contribution in [2.75, 3.05) is 26.4 Å². The lowest BCUT2D eigenvalue weighted by Crippen LogP contribution is -2.66. The number of nitrogens with two attached hydrogens (primary N) is 1. The summed E-state index contributed by atoms with van der Waals surface area (Å²) in [5.74, 6) is -2.50. The van der Waals surface area contributed by atoms with Crippen LogP contribution in [-0.2, 0) is 101 Å². The molecule has 0 radical (unpaired) electrons. The van der Waals surface area contributed by atoms with Gasteiger partial charge in [0.1, 0.15) is 48.8 Å². The van der Waals surface area contributed by atoms with E-state index in [-0.39, 0.29) is 19.6 Å². The summed E-state index contributed by atoms with van der Waals surface area (Å²) in [6, 6.07) is 0. The lowest BCUT2D eigenvalue weighted by atomic mass is 9.91. The van der Waals surface area contributed by atoms with Crippen LogP contribution in [0.5, 0.6) is 0 Å². The summed E-state index contributed by atoms with van der Waals surface area (Å²) < 4.78 is 167. The minimum absolute atomic E-state index is 0.0707. The van der Waals surface area contributed by atoms with Gasteiger partial charge in [0.05, 0.1) is 25.4 Å².